The van der Waals surface area contributed by atoms with E-state index in [1.54, 1.807) is 7.11 Å². The monoisotopic (exact) mass is 230 g/mol. The van der Waals surface area contributed by atoms with Crippen LogP contribution in [0.1, 0.15) is 5.56 Å². The van der Waals surface area contributed by atoms with E-state index in [4.69, 9.17) is 4.74 Å². The van der Waals surface area contributed by atoms with Gasteiger partial charge in [-0.05, 0) is 29.8 Å². The fraction of sp³-hybridized carbons (Fsp3) is 0.143. The van der Waals surface area contributed by atoms with Crippen LogP contribution in [0.15, 0.2) is 59.5 Å². The van der Waals surface area contributed by atoms with Gasteiger partial charge in [-0.15, -0.1) is 11.8 Å². The van der Waals surface area contributed by atoms with Crippen molar-refractivity contribution in [2.45, 2.75) is 10.6 Å². The van der Waals surface area contributed by atoms with Crippen LogP contribution in [0.3, 0.4) is 0 Å². The van der Waals surface area contributed by atoms with Gasteiger partial charge in [-0.25, -0.2) is 0 Å². The first-order valence-corrected chi connectivity index (χ1v) is 6.18. The Kier molecular flexibility index (Phi) is 3.89. The Morgan fingerprint density at radius 3 is 2.25 bits per heavy atom. The normalized spacial score (nSPS) is 10.1. The van der Waals surface area contributed by atoms with E-state index in [9.17, 15) is 0 Å². The van der Waals surface area contributed by atoms with Crippen LogP contribution in [0.2, 0.25) is 0 Å². The lowest BCUT2D eigenvalue weighted by Crippen LogP contribution is -1.82. The topological polar surface area (TPSA) is 9.23 Å². The zero-order valence-corrected chi connectivity index (χ0v) is 10.0. The Balaban J connectivity index is 1.94. The highest BCUT2D eigenvalue weighted by Gasteiger charge is 1.96. The predicted molar refractivity (Wildman–Crippen MR) is 69.0 cm³/mol. The Hall–Kier alpha value is -1.41. The molecule has 0 bridgehead atoms. The van der Waals surface area contributed by atoms with Crippen LogP contribution in [0.5, 0.6) is 5.75 Å². The van der Waals surface area contributed by atoms with Crippen molar-refractivity contribution in [2.75, 3.05) is 7.11 Å². The van der Waals surface area contributed by atoms with E-state index in [2.05, 4.69) is 36.4 Å². The average molecular weight is 230 g/mol. The van der Waals surface area contributed by atoms with Gasteiger partial charge in [-0.3, -0.25) is 0 Å². The van der Waals surface area contributed by atoms with E-state index in [1.807, 2.05) is 30.0 Å². The second-order valence-electron chi connectivity index (χ2n) is 3.45. The van der Waals surface area contributed by atoms with Crippen LogP contribution < -0.4 is 4.74 Å². The van der Waals surface area contributed by atoms with Gasteiger partial charge in [0.2, 0.25) is 0 Å². The summed E-state index contributed by atoms with van der Waals surface area (Å²) in [6.07, 6.45) is 0. The number of thioether (sulfide) groups is 1. The minimum absolute atomic E-state index is 0.907. The summed E-state index contributed by atoms with van der Waals surface area (Å²) in [5, 5.41) is 0. The van der Waals surface area contributed by atoms with Crippen molar-refractivity contribution in [1.29, 1.82) is 0 Å². The number of hydrogen-bond donors (Lipinski definition) is 0. The molecule has 0 unspecified atom stereocenters. The molecule has 0 amide bonds. The van der Waals surface area contributed by atoms with Crippen molar-refractivity contribution in [3.8, 4) is 5.75 Å². The van der Waals surface area contributed by atoms with Crippen LogP contribution >= 0.6 is 11.8 Å². The van der Waals surface area contributed by atoms with Crippen molar-refractivity contribution < 1.29 is 4.74 Å². The van der Waals surface area contributed by atoms with Crippen molar-refractivity contribution in [2.24, 2.45) is 0 Å². The molecule has 0 aromatic heterocycles. The molecular formula is C14H14OS. The van der Waals surface area contributed by atoms with E-state index in [0.29, 0.717) is 0 Å². The maximum Gasteiger partial charge on any atom is 0.118 e. The van der Waals surface area contributed by atoms with Crippen LogP contribution in [-0.4, -0.2) is 7.11 Å². The van der Waals surface area contributed by atoms with Gasteiger partial charge < -0.3 is 4.74 Å². The molecule has 16 heavy (non-hydrogen) atoms. The molecule has 0 heterocycles. The van der Waals surface area contributed by atoms with Gasteiger partial charge in [-0.1, -0.05) is 30.3 Å². The summed E-state index contributed by atoms with van der Waals surface area (Å²) in [4.78, 5) is 1.27. The second kappa shape index (κ2) is 5.61. The van der Waals surface area contributed by atoms with E-state index in [1.165, 1.54) is 10.5 Å². The summed E-state index contributed by atoms with van der Waals surface area (Å²) < 4.78 is 5.12. The molecule has 0 N–H and O–H groups in total. The fourth-order valence-corrected chi connectivity index (χ4v) is 2.27. The minimum atomic E-state index is 0.907. The molecule has 0 aliphatic rings. The number of ether oxygens (including phenoxy) is 1. The summed E-state index contributed by atoms with van der Waals surface area (Å²) in [7, 11) is 1.69. The third-order valence-electron chi connectivity index (χ3n) is 2.31. The molecule has 2 aromatic carbocycles. The highest BCUT2D eigenvalue weighted by atomic mass is 32.2. The lowest BCUT2D eigenvalue weighted by atomic mass is 10.2. The van der Waals surface area contributed by atoms with E-state index in [-0.39, 0.29) is 0 Å². The molecule has 0 atom stereocenters. The Morgan fingerprint density at radius 2 is 1.62 bits per heavy atom. The third kappa shape index (κ3) is 3.04. The van der Waals surface area contributed by atoms with Gasteiger partial charge >= 0.3 is 0 Å². The van der Waals surface area contributed by atoms with Gasteiger partial charge in [0.1, 0.15) is 5.75 Å². The van der Waals surface area contributed by atoms with E-state index < -0.39 is 0 Å². The number of benzene rings is 2. The first-order chi connectivity index (χ1) is 7.88. The van der Waals surface area contributed by atoms with Crippen molar-refractivity contribution in [3.05, 3.63) is 60.2 Å². The summed E-state index contributed by atoms with van der Waals surface area (Å²) in [6.45, 7) is 0. The van der Waals surface area contributed by atoms with Gasteiger partial charge in [0, 0.05) is 10.6 Å². The lowest BCUT2D eigenvalue weighted by Gasteiger charge is -2.03. The SMILES string of the molecule is COc1ccc(SCc2ccccc2)cc1. The maximum atomic E-state index is 5.12. The van der Waals surface area contributed by atoms with Gasteiger partial charge in [-0.2, -0.15) is 0 Å². The molecule has 2 heteroatoms. The highest BCUT2D eigenvalue weighted by molar-refractivity contribution is 7.98. The molecule has 0 radical (unpaired) electrons. The smallest absolute Gasteiger partial charge is 0.118 e. The number of rotatable bonds is 4. The summed E-state index contributed by atoms with van der Waals surface area (Å²) in [5.74, 6) is 1.91. The standard InChI is InChI=1S/C14H14OS/c1-15-13-7-9-14(10-8-13)16-11-12-5-3-2-4-6-12/h2-10H,11H2,1H3. The molecule has 0 spiro atoms. The molecule has 0 aliphatic carbocycles. The van der Waals surface area contributed by atoms with Gasteiger partial charge in [0.15, 0.2) is 0 Å². The molecular weight excluding hydrogens is 216 g/mol. The largest absolute Gasteiger partial charge is 0.497 e. The highest BCUT2D eigenvalue weighted by Crippen LogP contribution is 2.24. The first-order valence-electron chi connectivity index (χ1n) is 5.19. The van der Waals surface area contributed by atoms with Gasteiger partial charge in [0.25, 0.3) is 0 Å². The van der Waals surface area contributed by atoms with Crippen molar-refractivity contribution in [3.63, 3.8) is 0 Å². The molecule has 2 aromatic rings. The fourth-order valence-electron chi connectivity index (χ4n) is 1.41. The van der Waals surface area contributed by atoms with E-state index >= 15 is 0 Å². The molecule has 0 fully saturated rings. The Bertz CT molecular complexity index is 422. The number of hydrogen-bond acceptors (Lipinski definition) is 2. The van der Waals surface area contributed by atoms with Crippen LogP contribution in [-0.2, 0) is 5.75 Å². The Labute approximate surface area is 100 Å². The number of methoxy groups -OCH3 is 1. The molecule has 1 nitrogen and oxygen atoms in total. The van der Waals surface area contributed by atoms with Crippen LogP contribution in [0.25, 0.3) is 0 Å². The minimum Gasteiger partial charge on any atom is -0.497 e. The lowest BCUT2D eigenvalue weighted by molar-refractivity contribution is 0.414. The first kappa shape index (κ1) is 11.1. The zero-order chi connectivity index (χ0) is 11.2. The zero-order valence-electron chi connectivity index (χ0n) is 9.22. The maximum absolute atomic E-state index is 5.12. The van der Waals surface area contributed by atoms with Gasteiger partial charge in [0.05, 0.1) is 7.11 Å². The summed E-state index contributed by atoms with van der Waals surface area (Å²) in [5.41, 5.74) is 1.35. The quantitative estimate of drug-likeness (QED) is 0.734. The predicted octanol–water partition coefficient (Wildman–Crippen LogP) is 3.99. The molecule has 82 valence electrons. The van der Waals surface area contributed by atoms with E-state index in [0.717, 1.165) is 11.5 Å². The third-order valence-corrected chi connectivity index (χ3v) is 3.39. The van der Waals surface area contributed by atoms with Crippen LogP contribution in [0, 0.1) is 0 Å². The average Bonchev–Trinajstić information content (AvgIpc) is 2.38. The van der Waals surface area contributed by atoms with Crippen LogP contribution in [0.4, 0.5) is 0 Å². The molecule has 0 saturated heterocycles. The second-order valence-corrected chi connectivity index (χ2v) is 4.50. The summed E-state index contributed by atoms with van der Waals surface area (Å²) in [6, 6.07) is 18.7. The Morgan fingerprint density at radius 1 is 0.938 bits per heavy atom. The molecule has 0 aliphatic heterocycles. The molecule has 0 saturated carbocycles. The summed E-state index contributed by atoms with van der Waals surface area (Å²) >= 11 is 1.84. The van der Waals surface area contributed by atoms with Crippen molar-refractivity contribution in [1.82, 2.24) is 0 Å². The van der Waals surface area contributed by atoms with Crippen molar-refractivity contribution >= 4 is 11.8 Å². The molecule has 2 rings (SSSR count).